The molecular weight excluding hydrogens is 345 g/mol. The van der Waals surface area contributed by atoms with Crippen molar-refractivity contribution in [1.29, 1.82) is 0 Å². The Morgan fingerprint density at radius 1 is 1.30 bits per heavy atom. The van der Waals surface area contributed by atoms with Gasteiger partial charge in [0.15, 0.2) is 0 Å². The van der Waals surface area contributed by atoms with Gasteiger partial charge in [0.1, 0.15) is 5.82 Å². The summed E-state index contributed by atoms with van der Waals surface area (Å²) in [6.07, 6.45) is 4.21. The summed E-state index contributed by atoms with van der Waals surface area (Å²) in [7, 11) is 2.08. The summed E-state index contributed by atoms with van der Waals surface area (Å²) in [4.78, 5) is 24.3. The molecule has 1 unspecified atom stereocenters. The first kappa shape index (κ1) is 17.6. The van der Waals surface area contributed by atoms with Crippen molar-refractivity contribution in [3.63, 3.8) is 0 Å². The molecule has 0 spiro atoms. The topological polar surface area (TPSA) is 63.1 Å². The molecule has 0 aliphatic carbocycles. The van der Waals surface area contributed by atoms with Gasteiger partial charge in [0.05, 0.1) is 22.8 Å². The Bertz CT molecular complexity index is 1020. The maximum atomic E-state index is 13.8. The molecule has 2 aromatic heterocycles. The lowest BCUT2D eigenvalue weighted by atomic mass is 9.93. The van der Waals surface area contributed by atoms with Gasteiger partial charge in [-0.25, -0.2) is 9.37 Å². The largest absolute Gasteiger partial charge is 0.324 e. The third kappa shape index (κ3) is 3.42. The third-order valence-corrected chi connectivity index (χ3v) is 5.17. The molecule has 1 aliphatic heterocycles. The van der Waals surface area contributed by atoms with Gasteiger partial charge in [-0.2, -0.15) is 0 Å². The monoisotopic (exact) mass is 367 g/mol. The molecule has 1 aliphatic rings. The van der Waals surface area contributed by atoms with E-state index in [2.05, 4.69) is 34.2 Å². The number of benzene rings is 1. The Labute approximate surface area is 156 Å². The molecule has 2 atom stereocenters. The van der Waals surface area contributed by atoms with Crippen molar-refractivity contribution in [2.24, 2.45) is 5.92 Å². The summed E-state index contributed by atoms with van der Waals surface area (Å²) in [6, 6.07) is 7.83. The molecule has 4 rings (SSSR count). The smallest absolute Gasteiger partial charge is 0.263 e. The van der Waals surface area contributed by atoms with E-state index in [-0.39, 0.29) is 17.5 Å². The molecule has 1 aromatic carbocycles. The molecule has 27 heavy (non-hydrogen) atoms. The van der Waals surface area contributed by atoms with Crippen LogP contribution >= 0.6 is 0 Å². The van der Waals surface area contributed by atoms with Crippen molar-refractivity contribution in [2.75, 3.05) is 25.5 Å². The molecule has 6 nitrogen and oxygen atoms in total. The number of hydrogen-bond acceptors (Lipinski definition) is 5. The minimum Gasteiger partial charge on any atom is -0.324 e. The zero-order valence-electron chi connectivity index (χ0n) is 15.4. The van der Waals surface area contributed by atoms with Crippen molar-refractivity contribution in [3.8, 4) is 0 Å². The van der Waals surface area contributed by atoms with E-state index in [0.29, 0.717) is 16.9 Å². The average Bonchev–Trinajstić information content (AvgIpc) is 2.65. The Balaban J connectivity index is 1.89. The Morgan fingerprint density at radius 2 is 2.15 bits per heavy atom. The number of nitrogens with one attached hydrogen (secondary N) is 1. The Morgan fingerprint density at radius 3 is 2.89 bits per heavy atom. The second-order valence-corrected chi connectivity index (χ2v) is 7.23. The van der Waals surface area contributed by atoms with Crippen LogP contribution in [0, 0.1) is 11.7 Å². The molecular formula is C20H22FN5O. The van der Waals surface area contributed by atoms with Crippen LogP contribution in [-0.4, -0.2) is 39.6 Å². The number of halogens is 1. The second-order valence-electron chi connectivity index (χ2n) is 7.23. The van der Waals surface area contributed by atoms with Gasteiger partial charge in [-0.15, -0.1) is 0 Å². The van der Waals surface area contributed by atoms with Crippen molar-refractivity contribution in [2.45, 2.75) is 19.4 Å². The molecule has 1 fully saturated rings. The second kappa shape index (κ2) is 7.08. The fourth-order valence-electron chi connectivity index (χ4n) is 3.86. The SMILES string of the molecule is C[C@@H]1CN(C)CCC1n1c(Nc2cccnc2)nc2ccc(F)cc2c1=O. The van der Waals surface area contributed by atoms with Crippen LogP contribution in [0.3, 0.4) is 0 Å². The number of likely N-dealkylation sites (tertiary alicyclic amines) is 1. The summed E-state index contributed by atoms with van der Waals surface area (Å²) < 4.78 is 15.5. The molecule has 0 amide bonds. The van der Waals surface area contributed by atoms with Crippen LogP contribution in [0.1, 0.15) is 19.4 Å². The molecule has 3 heterocycles. The predicted octanol–water partition coefficient (Wildman–Crippen LogP) is 3.19. The third-order valence-electron chi connectivity index (χ3n) is 5.17. The number of piperidine rings is 1. The van der Waals surface area contributed by atoms with Crippen LogP contribution in [0.25, 0.3) is 10.9 Å². The lowest BCUT2D eigenvalue weighted by Gasteiger charge is -2.36. The van der Waals surface area contributed by atoms with Gasteiger partial charge in [0.25, 0.3) is 5.56 Å². The van der Waals surface area contributed by atoms with Crippen molar-refractivity contribution < 1.29 is 4.39 Å². The Hall–Kier alpha value is -2.80. The van der Waals surface area contributed by atoms with Crippen molar-refractivity contribution in [3.05, 3.63) is 58.9 Å². The molecule has 140 valence electrons. The Kier molecular flexibility index (Phi) is 4.61. The predicted molar refractivity (Wildman–Crippen MR) is 104 cm³/mol. The van der Waals surface area contributed by atoms with Gasteiger partial charge in [0, 0.05) is 18.8 Å². The van der Waals surface area contributed by atoms with Crippen LogP contribution in [0.5, 0.6) is 0 Å². The highest BCUT2D eigenvalue weighted by molar-refractivity contribution is 5.79. The van der Waals surface area contributed by atoms with Crippen molar-refractivity contribution >= 4 is 22.5 Å². The fraction of sp³-hybridized carbons (Fsp3) is 0.350. The standard InChI is InChI=1S/C20H22FN5O/c1-13-12-25(2)9-7-18(13)26-19(27)16-10-14(21)5-6-17(16)24-20(26)23-15-4-3-8-22-11-15/h3-6,8,10-11,13,18H,7,9,12H2,1-2H3,(H,23,24)/t13-,18?/m1/s1. The zero-order chi connectivity index (χ0) is 19.0. The van der Waals surface area contributed by atoms with Gasteiger partial charge in [-0.3, -0.25) is 14.3 Å². The van der Waals surface area contributed by atoms with E-state index in [0.717, 1.165) is 25.2 Å². The van der Waals surface area contributed by atoms with Gasteiger partial charge >= 0.3 is 0 Å². The number of rotatable bonds is 3. The van der Waals surface area contributed by atoms with E-state index >= 15 is 0 Å². The van der Waals surface area contributed by atoms with E-state index in [1.807, 2.05) is 12.1 Å². The van der Waals surface area contributed by atoms with Crippen LogP contribution in [0.2, 0.25) is 0 Å². The van der Waals surface area contributed by atoms with Crippen LogP contribution in [0.15, 0.2) is 47.5 Å². The number of anilines is 2. The van der Waals surface area contributed by atoms with E-state index in [1.165, 1.54) is 12.1 Å². The van der Waals surface area contributed by atoms with Gasteiger partial charge < -0.3 is 10.2 Å². The van der Waals surface area contributed by atoms with E-state index in [9.17, 15) is 9.18 Å². The number of hydrogen-bond donors (Lipinski definition) is 1. The first-order valence-corrected chi connectivity index (χ1v) is 9.10. The maximum Gasteiger partial charge on any atom is 0.263 e. The van der Waals surface area contributed by atoms with E-state index in [1.54, 1.807) is 23.0 Å². The average molecular weight is 367 g/mol. The molecule has 0 saturated carbocycles. The summed E-state index contributed by atoms with van der Waals surface area (Å²) in [6.45, 7) is 3.93. The van der Waals surface area contributed by atoms with E-state index < -0.39 is 5.82 Å². The maximum absolute atomic E-state index is 13.8. The molecule has 0 radical (unpaired) electrons. The van der Waals surface area contributed by atoms with Crippen LogP contribution in [0.4, 0.5) is 16.0 Å². The highest BCUT2D eigenvalue weighted by Gasteiger charge is 2.29. The van der Waals surface area contributed by atoms with Crippen LogP contribution in [-0.2, 0) is 0 Å². The summed E-state index contributed by atoms with van der Waals surface area (Å²) in [5.74, 6) is 0.301. The molecule has 3 aromatic rings. The molecule has 1 saturated heterocycles. The quantitative estimate of drug-likeness (QED) is 0.770. The normalized spacial score (nSPS) is 20.7. The van der Waals surface area contributed by atoms with E-state index in [4.69, 9.17) is 0 Å². The molecule has 7 heteroatoms. The summed E-state index contributed by atoms with van der Waals surface area (Å²) >= 11 is 0. The number of pyridine rings is 1. The molecule has 0 bridgehead atoms. The van der Waals surface area contributed by atoms with Crippen molar-refractivity contribution in [1.82, 2.24) is 19.4 Å². The summed E-state index contributed by atoms with van der Waals surface area (Å²) in [5.41, 5.74) is 1.01. The fourth-order valence-corrected chi connectivity index (χ4v) is 3.86. The lowest BCUT2D eigenvalue weighted by molar-refractivity contribution is 0.157. The number of nitrogens with zero attached hydrogens (tertiary/aromatic N) is 4. The molecule has 1 N–H and O–H groups in total. The lowest BCUT2D eigenvalue weighted by Crippen LogP contribution is -2.41. The highest BCUT2D eigenvalue weighted by Crippen LogP contribution is 2.30. The van der Waals surface area contributed by atoms with Gasteiger partial charge in [-0.1, -0.05) is 6.92 Å². The summed E-state index contributed by atoms with van der Waals surface area (Å²) in [5, 5.41) is 3.53. The zero-order valence-corrected chi connectivity index (χ0v) is 15.4. The number of aromatic nitrogens is 3. The first-order valence-electron chi connectivity index (χ1n) is 9.10. The first-order chi connectivity index (χ1) is 13.0. The minimum absolute atomic E-state index is 0.00645. The van der Waals surface area contributed by atoms with Gasteiger partial charge in [0.2, 0.25) is 5.95 Å². The number of fused-ring (bicyclic) bond motifs is 1. The highest BCUT2D eigenvalue weighted by atomic mass is 19.1. The van der Waals surface area contributed by atoms with Gasteiger partial charge in [-0.05, 0) is 56.3 Å². The minimum atomic E-state index is -0.433. The van der Waals surface area contributed by atoms with Crippen LogP contribution < -0.4 is 10.9 Å².